The van der Waals surface area contributed by atoms with Gasteiger partial charge in [-0.15, -0.1) is 0 Å². The van der Waals surface area contributed by atoms with E-state index in [1.165, 1.54) is 23.3 Å². The Morgan fingerprint density at radius 3 is 2.69 bits per heavy atom. The molecule has 0 bridgehead atoms. The SMILES string of the molecule is O=C1c2oc3ccc(F)cc3c(=O)c2C(c2cccc(Br)c2)N1Cc1ccco1. The van der Waals surface area contributed by atoms with Crippen LogP contribution in [0.4, 0.5) is 4.39 Å². The van der Waals surface area contributed by atoms with Crippen LogP contribution in [0.5, 0.6) is 0 Å². The second-order valence-corrected chi connectivity index (χ2v) is 7.70. The van der Waals surface area contributed by atoms with Gasteiger partial charge in [0, 0.05) is 4.47 Å². The molecule has 0 fully saturated rings. The quantitative estimate of drug-likeness (QED) is 0.436. The van der Waals surface area contributed by atoms with Crippen LogP contribution in [0.1, 0.15) is 33.5 Å². The Hall–Kier alpha value is -3.19. The van der Waals surface area contributed by atoms with E-state index in [0.717, 1.165) is 16.1 Å². The first-order valence-electron chi connectivity index (χ1n) is 8.88. The molecule has 1 atom stereocenters. The molecule has 5 rings (SSSR count). The number of carbonyl (C=O) groups is 1. The lowest BCUT2D eigenvalue weighted by Crippen LogP contribution is -2.29. The number of fused-ring (bicyclic) bond motifs is 2. The number of hydrogen-bond donors (Lipinski definition) is 0. The topological polar surface area (TPSA) is 63.7 Å². The van der Waals surface area contributed by atoms with Crippen molar-refractivity contribution in [2.45, 2.75) is 12.6 Å². The molecule has 0 saturated carbocycles. The summed E-state index contributed by atoms with van der Waals surface area (Å²) >= 11 is 3.44. The van der Waals surface area contributed by atoms with Crippen LogP contribution >= 0.6 is 15.9 Å². The summed E-state index contributed by atoms with van der Waals surface area (Å²) in [4.78, 5) is 28.0. The van der Waals surface area contributed by atoms with E-state index in [0.29, 0.717) is 5.76 Å². The van der Waals surface area contributed by atoms with E-state index >= 15 is 0 Å². The molecule has 1 aliphatic heterocycles. The Labute approximate surface area is 172 Å². The summed E-state index contributed by atoms with van der Waals surface area (Å²) in [6, 6.07) is 13.9. The van der Waals surface area contributed by atoms with Gasteiger partial charge in [0.15, 0.2) is 5.43 Å². The largest absolute Gasteiger partial charge is 0.467 e. The predicted octanol–water partition coefficient (Wildman–Crippen LogP) is 5.03. The van der Waals surface area contributed by atoms with E-state index in [1.54, 1.807) is 12.1 Å². The standard InChI is InChI=1S/C22H13BrFNO4/c23-13-4-1-3-12(9-13)19-18-20(26)16-10-14(24)6-7-17(16)29-21(18)22(27)25(19)11-15-5-2-8-28-15/h1-10,19H,11H2. The molecule has 0 saturated heterocycles. The molecule has 0 radical (unpaired) electrons. The van der Waals surface area contributed by atoms with E-state index < -0.39 is 23.2 Å². The normalized spacial score (nSPS) is 15.9. The highest BCUT2D eigenvalue weighted by Crippen LogP contribution is 2.39. The van der Waals surface area contributed by atoms with Crippen molar-refractivity contribution < 1.29 is 18.0 Å². The van der Waals surface area contributed by atoms with E-state index in [2.05, 4.69) is 15.9 Å². The first-order chi connectivity index (χ1) is 14.0. The smallest absolute Gasteiger partial charge is 0.291 e. The van der Waals surface area contributed by atoms with E-state index in [-0.39, 0.29) is 28.8 Å². The summed E-state index contributed by atoms with van der Waals surface area (Å²) in [5, 5.41) is 0.108. The van der Waals surface area contributed by atoms with Crippen molar-refractivity contribution in [2.24, 2.45) is 0 Å². The number of rotatable bonds is 3. The number of furan rings is 1. The maximum Gasteiger partial charge on any atom is 0.291 e. The number of hydrogen-bond acceptors (Lipinski definition) is 4. The molecule has 2 aromatic carbocycles. The summed E-state index contributed by atoms with van der Waals surface area (Å²) in [6.45, 7) is 0.164. The molecular weight excluding hydrogens is 441 g/mol. The highest BCUT2D eigenvalue weighted by Gasteiger charge is 2.43. The lowest BCUT2D eigenvalue weighted by atomic mass is 9.98. The Morgan fingerprint density at radius 1 is 1.07 bits per heavy atom. The molecule has 3 heterocycles. The lowest BCUT2D eigenvalue weighted by molar-refractivity contribution is 0.0701. The molecule has 4 aromatic rings. The van der Waals surface area contributed by atoms with Gasteiger partial charge in [0.25, 0.3) is 5.91 Å². The van der Waals surface area contributed by atoms with Crippen LogP contribution in [-0.2, 0) is 6.54 Å². The highest BCUT2D eigenvalue weighted by atomic mass is 79.9. The molecule has 0 spiro atoms. The third kappa shape index (κ3) is 2.89. The minimum Gasteiger partial charge on any atom is -0.467 e. The van der Waals surface area contributed by atoms with Crippen LogP contribution < -0.4 is 5.43 Å². The number of nitrogens with zero attached hydrogens (tertiary/aromatic N) is 1. The average Bonchev–Trinajstić information content (AvgIpc) is 3.31. The molecular formula is C22H13BrFNO4. The molecule has 0 N–H and O–H groups in total. The Bertz CT molecular complexity index is 1310. The van der Waals surface area contributed by atoms with E-state index in [1.807, 2.05) is 24.3 Å². The zero-order valence-corrected chi connectivity index (χ0v) is 16.5. The lowest BCUT2D eigenvalue weighted by Gasteiger charge is -2.24. The van der Waals surface area contributed by atoms with Gasteiger partial charge in [0.05, 0.1) is 29.8 Å². The molecule has 144 valence electrons. The van der Waals surface area contributed by atoms with Gasteiger partial charge < -0.3 is 13.7 Å². The molecule has 5 nitrogen and oxygen atoms in total. The zero-order chi connectivity index (χ0) is 20.1. The second-order valence-electron chi connectivity index (χ2n) is 6.78. The maximum absolute atomic E-state index is 13.8. The van der Waals surface area contributed by atoms with Gasteiger partial charge in [-0.25, -0.2) is 4.39 Å². The molecule has 2 aromatic heterocycles. The fourth-order valence-corrected chi connectivity index (χ4v) is 4.17. The number of halogens is 2. The summed E-state index contributed by atoms with van der Waals surface area (Å²) in [6.07, 6.45) is 1.53. The zero-order valence-electron chi connectivity index (χ0n) is 14.9. The van der Waals surface area contributed by atoms with Crippen LogP contribution in [0.15, 0.2) is 79.0 Å². The van der Waals surface area contributed by atoms with Gasteiger partial charge in [-0.2, -0.15) is 0 Å². The van der Waals surface area contributed by atoms with Gasteiger partial charge in [-0.1, -0.05) is 28.1 Å². The maximum atomic E-state index is 13.8. The average molecular weight is 454 g/mol. The van der Waals surface area contributed by atoms with Crippen LogP contribution in [0, 0.1) is 5.82 Å². The van der Waals surface area contributed by atoms with E-state index in [9.17, 15) is 14.0 Å². The van der Waals surface area contributed by atoms with Crippen molar-refractivity contribution in [2.75, 3.05) is 0 Å². The van der Waals surface area contributed by atoms with Crippen LogP contribution in [-0.4, -0.2) is 10.8 Å². The van der Waals surface area contributed by atoms with Gasteiger partial charge in [-0.05, 0) is 48.0 Å². The Balaban J connectivity index is 1.77. The molecule has 1 aliphatic rings. The van der Waals surface area contributed by atoms with Gasteiger partial charge in [0.1, 0.15) is 17.2 Å². The summed E-state index contributed by atoms with van der Waals surface area (Å²) in [5.41, 5.74) is 0.705. The number of carbonyl (C=O) groups excluding carboxylic acids is 1. The van der Waals surface area contributed by atoms with Crippen LogP contribution in [0.3, 0.4) is 0 Å². The summed E-state index contributed by atoms with van der Waals surface area (Å²) < 4.78 is 25.8. The van der Waals surface area contributed by atoms with Gasteiger partial charge in [0.2, 0.25) is 5.76 Å². The molecule has 29 heavy (non-hydrogen) atoms. The molecule has 0 aliphatic carbocycles. The predicted molar refractivity (Wildman–Crippen MR) is 107 cm³/mol. The first-order valence-corrected chi connectivity index (χ1v) is 9.67. The fraction of sp³-hybridized carbons (Fsp3) is 0.0909. The third-order valence-corrected chi connectivity index (χ3v) is 5.49. The Kier molecular flexibility index (Phi) is 4.13. The number of amides is 1. The Morgan fingerprint density at radius 2 is 1.93 bits per heavy atom. The van der Waals surface area contributed by atoms with Crippen molar-refractivity contribution in [3.05, 3.63) is 104 Å². The fourth-order valence-electron chi connectivity index (χ4n) is 3.75. The number of benzene rings is 2. The minimum absolute atomic E-state index is 0.0226. The minimum atomic E-state index is -0.677. The molecule has 7 heteroatoms. The summed E-state index contributed by atoms with van der Waals surface area (Å²) in [7, 11) is 0. The van der Waals surface area contributed by atoms with Crippen molar-refractivity contribution in [3.63, 3.8) is 0 Å². The molecule has 1 unspecified atom stereocenters. The van der Waals surface area contributed by atoms with Gasteiger partial charge in [-0.3, -0.25) is 9.59 Å². The second kappa shape index (κ2) is 6.70. The monoisotopic (exact) mass is 453 g/mol. The van der Waals surface area contributed by atoms with Crippen molar-refractivity contribution in [1.82, 2.24) is 4.90 Å². The molecule has 1 amide bonds. The van der Waals surface area contributed by atoms with Crippen LogP contribution in [0.25, 0.3) is 11.0 Å². The van der Waals surface area contributed by atoms with Crippen LogP contribution in [0.2, 0.25) is 0 Å². The van der Waals surface area contributed by atoms with Crippen molar-refractivity contribution in [1.29, 1.82) is 0 Å². The van der Waals surface area contributed by atoms with Crippen molar-refractivity contribution >= 4 is 32.8 Å². The first kappa shape index (κ1) is 17.9. The van der Waals surface area contributed by atoms with E-state index in [4.69, 9.17) is 8.83 Å². The van der Waals surface area contributed by atoms with Gasteiger partial charge >= 0.3 is 0 Å². The third-order valence-electron chi connectivity index (χ3n) is 5.00. The van der Waals surface area contributed by atoms with Crippen molar-refractivity contribution in [3.8, 4) is 0 Å². The highest BCUT2D eigenvalue weighted by molar-refractivity contribution is 9.10. The summed E-state index contributed by atoms with van der Waals surface area (Å²) in [5.74, 6) is -0.398.